The number of hydrogen-bond donors (Lipinski definition) is 1. The van der Waals surface area contributed by atoms with Crippen molar-refractivity contribution in [3.63, 3.8) is 0 Å². The van der Waals surface area contributed by atoms with Gasteiger partial charge >= 0.3 is 5.97 Å². The molecular weight excluding hydrogens is 447 g/mol. The summed E-state index contributed by atoms with van der Waals surface area (Å²) in [7, 11) is -4.08. The maximum atomic E-state index is 13.3. The number of esters is 1. The first-order chi connectivity index (χ1) is 15.8. The summed E-state index contributed by atoms with van der Waals surface area (Å²) in [5.74, 6) is -1.61. The van der Waals surface area contributed by atoms with E-state index in [4.69, 9.17) is 4.74 Å². The summed E-state index contributed by atoms with van der Waals surface area (Å²) >= 11 is 0. The Labute approximate surface area is 191 Å². The fraction of sp³-hybridized carbons (Fsp3) is 0.167. The summed E-state index contributed by atoms with van der Waals surface area (Å²) in [6.07, 6.45) is 0. The highest BCUT2D eigenvalue weighted by Gasteiger charge is 2.27. The SMILES string of the molecule is CCOC(=O)c1ccc(NC(=O)CN(Cc2ccccc2)S(=O)(=O)c2ccc(F)cc2)cc1. The van der Waals surface area contributed by atoms with Gasteiger partial charge in [-0.1, -0.05) is 30.3 Å². The van der Waals surface area contributed by atoms with Crippen LogP contribution in [0.4, 0.5) is 10.1 Å². The van der Waals surface area contributed by atoms with E-state index in [0.29, 0.717) is 16.8 Å². The molecule has 0 bridgehead atoms. The fourth-order valence-corrected chi connectivity index (χ4v) is 4.42. The minimum absolute atomic E-state index is 0.0459. The Morgan fingerprint density at radius 1 is 0.939 bits per heavy atom. The molecule has 0 fully saturated rings. The lowest BCUT2D eigenvalue weighted by molar-refractivity contribution is -0.116. The van der Waals surface area contributed by atoms with Crippen molar-refractivity contribution in [1.29, 1.82) is 0 Å². The van der Waals surface area contributed by atoms with Crippen LogP contribution in [-0.2, 0) is 26.1 Å². The zero-order valence-electron chi connectivity index (χ0n) is 17.9. The van der Waals surface area contributed by atoms with Crippen molar-refractivity contribution >= 4 is 27.6 Å². The van der Waals surface area contributed by atoms with Crippen LogP contribution in [0.5, 0.6) is 0 Å². The van der Waals surface area contributed by atoms with Gasteiger partial charge in [0.25, 0.3) is 0 Å². The van der Waals surface area contributed by atoms with E-state index in [9.17, 15) is 22.4 Å². The summed E-state index contributed by atoms with van der Waals surface area (Å²) in [4.78, 5) is 24.3. The van der Waals surface area contributed by atoms with Gasteiger partial charge in [0.1, 0.15) is 5.82 Å². The van der Waals surface area contributed by atoms with Crippen LogP contribution in [-0.4, -0.2) is 37.8 Å². The molecule has 0 heterocycles. The molecule has 0 aromatic heterocycles. The number of rotatable bonds is 9. The van der Waals surface area contributed by atoms with E-state index >= 15 is 0 Å². The molecule has 0 aliphatic heterocycles. The second-order valence-electron chi connectivity index (χ2n) is 7.06. The predicted molar refractivity (Wildman–Crippen MR) is 121 cm³/mol. The minimum Gasteiger partial charge on any atom is -0.462 e. The Morgan fingerprint density at radius 3 is 2.18 bits per heavy atom. The van der Waals surface area contributed by atoms with E-state index in [1.807, 2.05) is 0 Å². The topological polar surface area (TPSA) is 92.8 Å². The number of carbonyl (C=O) groups excluding carboxylic acids is 2. The van der Waals surface area contributed by atoms with Crippen LogP contribution in [0.3, 0.4) is 0 Å². The second-order valence-corrected chi connectivity index (χ2v) is 9.00. The first-order valence-electron chi connectivity index (χ1n) is 10.2. The van der Waals surface area contributed by atoms with Crippen LogP contribution in [0, 0.1) is 5.82 Å². The third-order valence-corrected chi connectivity index (χ3v) is 6.46. The highest BCUT2D eigenvalue weighted by atomic mass is 32.2. The van der Waals surface area contributed by atoms with Gasteiger partial charge in [-0.05, 0) is 61.0 Å². The molecule has 3 rings (SSSR count). The fourth-order valence-electron chi connectivity index (χ4n) is 3.03. The number of hydrogen-bond acceptors (Lipinski definition) is 5. The Morgan fingerprint density at radius 2 is 1.58 bits per heavy atom. The van der Waals surface area contributed by atoms with Crippen molar-refractivity contribution < 1.29 is 27.1 Å². The molecule has 0 aliphatic rings. The number of anilines is 1. The van der Waals surface area contributed by atoms with Gasteiger partial charge in [-0.2, -0.15) is 4.31 Å². The molecule has 0 atom stereocenters. The molecule has 3 aromatic carbocycles. The molecule has 1 N–H and O–H groups in total. The van der Waals surface area contributed by atoms with Crippen LogP contribution in [0.25, 0.3) is 0 Å². The quantitative estimate of drug-likeness (QED) is 0.480. The summed E-state index contributed by atoms with van der Waals surface area (Å²) in [6, 6.07) is 19.3. The van der Waals surface area contributed by atoms with Gasteiger partial charge in [0.15, 0.2) is 0 Å². The van der Waals surface area contributed by atoms with E-state index in [1.54, 1.807) is 37.3 Å². The van der Waals surface area contributed by atoms with E-state index in [1.165, 1.54) is 24.3 Å². The van der Waals surface area contributed by atoms with Crippen molar-refractivity contribution in [3.8, 4) is 0 Å². The molecule has 0 unspecified atom stereocenters. The van der Waals surface area contributed by atoms with Gasteiger partial charge in [0.05, 0.1) is 23.6 Å². The van der Waals surface area contributed by atoms with E-state index in [-0.39, 0.29) is 18.0 Å². The number of benzene rings is 3. The summed E-state index contributed by atoms with van der Waals surface area (Å²) in [6.45, 7) is 1.44. The van der Waals surface area contributed by atoms with Crippen molar-refractivity contribution in [2.45, 2.75) is 18.4 Å². The van der Waals surface area contributed by atoms with E-state index in [2.05, 4.69) is 5.32 Å². The Bertz CT molecular complexity index is 1200. The average molecular weight is 471 g/mol. The van der Waals surface area contributed by atoms with Crippen LogP contribution in [0.15, 0.2) is 83.8 Å². The highest BCUT2D eigenvalue weighted by molar-refractivity contribution is 7.89. The second kappa shape index (κ2) is 10.8. The van der Waals surface area contributed by atoms with Crippen molar-refractivity contribution in [2.75, 3.05) is 18.5 Å². The van der Waals surface area contributed by atoms with E-state index < -0.39 is 34.3 Å². The first-order valence-corrected chi connectivity index (χ1v) is 11.6. The smallest absolute Gasteiger partial charge is 0.338 e. The molecule has 33 heavy (non-hydrogen) atoms. The third-order valence-electron chi connectivity index (χ3n) is 4.65. The van der Waals surface area contributed by atoms with Gasteiger partial charge in [0, 0.05) is 12.2 Å². The molecule has 9 heteroatoms. The normalized spacial score (nSPS) is 11.2. The zero-order valence-corrected chi connectivity index (χ0v) is 18.7. The summed E-state index contributed by atoms with van der Waals surface area (Å²) in [5.41, 5.74) is 1.42. The summed E-state index contributed by atoms with van der Waals surface area (Å²) < 4.78 is 45.6. The molecule has 0 radical (unpaired) electrons. The van der Waals surface area contributed by atoms with Gasteiger partial charge in [-0.3, -0.25) is 4.79 Å². The molecule has 172 valence electrons. The number of ether oxygens (including phenoxy) is 1. The molecule has 3 aromatic rings. The lowest BCUT2D eigenvalue weighted by Crippen LogP contribution is -2.37. The van der Waals surface area contributed by atoms with Crippen molar-refractivity contribution in [1.82, 2.24) is 4.31 Å². The summed E-state index contributed by atoms with van der Waals surface area (Å²) in [5, 5.41) is 2.63. The highest BCUT2D eigenvalue weighted by Crippen LogP contribution is 2.19. The zero-order chi connectivity index (χ0) is 23.8. The Balaban J connectivity index is 1.78. The Kier molecular flexibility index (Phi) is 7.92. The van der Waals surface area contributed by atoms with Crippen LogP contribution in [0.2, 0.25) is 0 Å². The molecular formula is C24H23FN2O5S. The van der Waals surface area contributed by atoms with Crippen molar-refractivity contribution in [2.24, 2.45) is 0 Å². The molecule has 1 amide bonds. The van der Waals surface area contributed by atoms with Crippen LogP contribution in [0.1, 0.15) is 22.8 Å². The van der Waals surface area contributed by atoms with E-state index in [0.717, 1.165) is 28.6 Å². The monoisotopic (exact) mass is 470 g/mol. The maximum absolute atomic E-state index is 13.3. The standard InChI is InChI=1S/C24H23FN2O5S/c1-2-32-24(29)19-8-12-21(13-9-19)26-23(28)17-27(16-18-6-4-3-5-7-18)33(30,31)22-14-10-20(25)11-15-22/h3-15H,2,16-17H2,1H3,(H,26,28). The molecule has 0 saturated carbocycles. The maximum Gasteiger partial charge on any atom is 0.338 e. The number of carbonyl (C=O) groups is 2. The third kappa shape index (κ3) is 6.47. The molecule has 0 spiro atoms. The lowest BCUT2D eigenvalue weighted by Gasteiger charge is -2.22. The van der Waals surface area contributed by atoms with Gasteiger partial charge in [0.2, 0.25) is 15.9 Å². The van der Waals surface area contributed by atoms with Gasteiger partial charge in [-0.25, -0.2) is 17.6 Å². The van der Waals surface area contributed by atoms with Gasteiger partial charge in [-0.15, -0.1) is 0 Å². The minimum atomic E-state index is -4.08. The molecule has 0 aliphatic carbocycles. The molecule has 0 saturated heterocycles. The largest absolute Gasteiger partial charge is 0.462 e. The number of sulfonamides is 1. The van der Waals surface area contributed by atoms with Crippen LogP contribution >= 0.6 is 0 Å². The predicted octanol–water partition coefficient (Wildman–Crippen LogP) is 3.83. The van der Waals surface area contributed by atoms with Crippen LogP contribution < -0.4 is 5.32 Å². The van der Waals surface area contributed by atoms with Crippen molar-refractivity contribution in [3.05, 3.63) is 95.8 Å². The Hall–Kier alpha value is -3.56. The first kappa shape index (κ1) is 24.1. The number of halogens is 1. The number of nitrogens with zero attached hydrogens (tertiary/aromatic N) is 1. The molecule has 7 nitrogen and oxygen atoms in total. The number of amides is 1. The number of nitrogens with one attached hydrogen (secondary N) is 1. The lowest BCUT2D eigenvalue weighted by atomic mass is 10.2. The average Bonchev–Trinajstić information content (AvgIpc) is 2.80. The van der Waals surface area contributed by atoms with Gasteiger partial charge < -0.3 is 10.1 Å².